The number of nitrogens with one attached hydrogen (secondary N) is 1. The summed E-state index contributed by atoms with van der Waals surface area (Å²) in [6.45, 7) is 4.28. The van der Waals surface area contributed by atoms with E-state index in [1.54, 1.807) is 4.90 Å². The quantitative estimate of drug-likeness (QED) is 0.904. The molecule has 3 rings (SSSR count). The van der Waals surface area contributed by atoms with E-state index in [4.69, 9.17) is 4.52 Å². The lowest BCUT2D eigenvalue weighted by Gasteiger charge is -2.35. The van der Waals surface area contributed by atoms with Gasteiger partial charge in [-0.2, -0.15) is 0 Å². The Bertz CT molecular complexity index is 672. The first kappa shape index (κ1) is 16.6. The van der Waals surface area contributed by atoms with E-state index in [2.05, 4.69) is 22.6 Å². The zero-order valence-electron chi connectivity index (χ0n) is 14.6. The first-order valence-electron chi connectivity index (χ1n) is 8.54. The summed E-state index contributed by atoms with van der Waals surface area (Å²) in [5.41, 5.74) is 3.00. The van der Waals surface area contributed by atoms with Crippen LogP contribution in [-0.4, -0.2) is 23.1 Å². The molecular weight excluding hydrogens is 302 g/mol. The van der Waals surface area contributed by atoms with Crippen LogP contribution in [0.2, 0.25) is 0 Å². The van der Waals surface area contributed by atoms with Crippen molar-refractivity contribution in [1.29, 1.82) is 0 Å². The molecular formula is C19H25N3O2. The van der Waals surface area contributed by atoms with Crippen LogP contribution in [0.4, 0.5) is 4.79 Å². The Morgan fingerprint density at radius 2 is 2.04 bits per heavy atom. The number of urea groups is 1. The molecule has 1 atom stereocenters. The fourth-order valence-electron chi connectivity index (χ4n) is 3.19. The van der Waals surface area contributed by atoms with E-state index in [0.29, 0.717) is 12.5 Å². The Balaban J connectivity index is 1.69. The van der Waals surface area contributed by atoms with Crippen molar-refractivity contribution in [2.45, 2.75) is 45.7 Å². The third-order valence-corrected chi connectivity index (χ3v) is 4.98. The van der Waals surface area contributed by atoms with Crippen molar-refractivity contribution < 1.29 is 9.32 Å². The Hall–Kier alpha value is -2.30. The van der Waals surface area contributed by atoms with E-state index in [1.165, 1.54) is 24.8 Å². The maximum Gasteiger partial charge on any atom is 0.317 e. The number of aryl methyl sites for hydroxylation is 2. The summed E-state index contributed by atoms with van der Waals surface area (Å²) in [5, 5.41) is 7.18. The molecule has 2 aromatic rings. The molecule has 0 spiro atoms. The third kappa shape index (κ3) is 3.45. The van der Waals surface area contributed by atoms with Crippen LogP contribution in [0.15, 0.2) is 34.9 Å². The SMILES string of the molecule is Cc1noc(C)c1CN(C)C(=O)N[C@@H](c1ccccc1)C1CCC1. The van der Waals surface area contributed by atoms with E-state index in [0.717, 1.165) is 17.0 Å². The summed E-state index contributed by atoms with van der Waals surface area (Å²) in [6, 6.07) is 10.3. The number of nitrogens with zero attached hydrogens (tertiary/aromatic N) is 2. The highest BCUT2D eigenvalue weighted by atomic mass is 16.5. The number of hydrogen-bond donors (Lipinski definition) is 1. The van der Waals surface area contributed by atoms with Gasteiger partial charge in [-0.25, -0.2) is 4.79 Å². The van der Waals surface area contributed by atoms with Crippen molar-refractivity contribution in [2.75, 3.05) is 7.05 Å². The molecule has 1 aromatic heterocycles. The molecule has 0 aliphatic heterocycles. The highest BCUT2D eigenvalue weighted by Gasteiger charge is 2.30. The Morgan fingerprint density at radius 1 is 1.33 bits per heavy atom. The van der Waals surface area contributed by atoms with Crippen LogP contribution in [0.3, 0.4) is 0 Å². The second kappa shape index (κ2) is 7.07. The van der Waals surface area contributed by atoms with Gasteiger partial charge in [-0.05, 0) is 38.2 Å². The molecule has 1 aromatic carbocycles. The number of carbonyl (C=O) groups is 1. The number of benzene rings is 1. The summed E-state index contributed by atoms with van der Waals surface area (Å²) < 4.78 is 5.18. The molecule has 128 valence electrons. The maximum atomic E-state index is 12.7. The van der Waals surface area contributed by atoms with Gasteiger partial charge < -0.3 is 14.7 Å². The number of rotatable bonds is 5. The Kier molecular flexibility index (Phi) is 4.88. The Labute approximate surface area is 143 Å². The average Bonchev–Trinajstić information content (AvgIpc) is 2.85. The van der Waals surface area contributed by atoms with Gasteiger partial charge in [0.15, 0.2) is 0 Å². The van der Waals surface area contributed by atoms with E-state index < -0.39 is 0 Å². The summed E-state index contributed by atoms with van der Waals surface area (Å²) in [7, 11) is 1.81. The number of carbonyl (C=O) groups excluding carboxylic acids is 1. The third-order valence-electron chi connectivity index (χ3n) is 4.98. The van der Waals surface area contributed by atoms with Gasteiger partial charge in [-0.3, -0.25) is 0 Å². The number of amides is 2. The monoisotopic (exact) mass is 327 g/mol. The molecule has 0 saturated heterocycles. The van der Waals surface area contributed by atoms with Crippen LogP contribution in [0.5, 0.6) is 0 Å². The molecule has 1 saturated carbocycles. The summed E-state index contributed by atoms with van der Waals surface area (Å²) in [4.78, 5) is 14.4. The molecule has 1 aliphatic rings. The molecule has 5 nitrogen and oxygen atoms in total. The van der Waals surface area contributed by atoms with Crippen LogP contribution in [0.1, 0.15) is 47.9 Å². The number of hydrogen-bond acceptors (Lipinski definition) is 3. The molecule has 1 fully saturated rings. The lowest BCUT2D eigenvalue weighted by molar-refractivity contribution is 0.182. The van der Waals surface area contributed by atoms with Gasteiger partial charge in [-0.15, -0.1) is 0 Å². The van der Waals surface area contributed by atoms with Crippen molar-refractivity contribution >= 4 is 6.03 Å². The first-order chi connectivity index (χ1) is 11.6. The molecule has 1 aliphatic carbocycles. The van der Waals surface area contributed by atoms with Crippen LogP contribution in [0, 0.1) is 19.8 Å². The predicted octanol–water partition coefficient (Wildman–Crippen LogP) is 3.97. The Morgan fingerprint density at radius 3 is 2.58 bits per heavy atom. The maximum absolute atomic E-state index is 12.7. The zero-order chi connectivity index (χ0) is 17.1. The normalized spacial score (nSPS) is 15.6. The number of aromatic nitrogens is 1. The van der Waals surface area contributed by atoms with Crippen LogP contribution < -0.4 is 5.32 Å². The van der Waals surface area contributed by atoms with Gasteiger partial charge >= 0.3 is 6.03 Å². The largest absolute Gasteiger partial charge is 0.361 e. The van der Waals surface area contributed by atoms with Gasteiger partial charge in [0.25, 0.3) is 0 Å². The van der Waals surface area contributed by atoms with Gasteiger partial charge in [0.05, 0.1) is 18.3 Å². The molecule has 0 bridgehead atoms. The molecule has 1 N–H and O–H groups in total. The van der Waals surface area contributed by atoms with E-state index in [1.807, 2.05) is 39.1 Å². The van der Waals surface area contributed by atoms with Crippen molar-refractivity contribution in [3.05, 3.63) is 52.9 Å². The summed E-state index contributed by atoms with van der Waals surface area (Å²) in [5.74, 6) is 1.30. The van der Waals surface area contributed by atoms with Crippen LogP contribution in [-0.2, 0) is 6.54 Å². The smallest absolute Gasteiger partial charge is 0.317 e. The van der Waals surface area contributed by atoms with Crippen LogP contribution in [0.25, 0.3) is 0 Å². The molecule has 5 heteroatoms. The lowest BCUT2D eigenvalue weighted by atomic mass is 9.77. The zero-order valence-corrected chi connectivity index (χ0v) is 14.6. The van der Waals surface area contributed by atoms with Gasteiger partial charge in [-0.1, -0.05) is 41.9 Å². The molecule has 0 radical (unpaired) electrons. The fourth-order valence-corrected chi connectivity index (χ4v) is 3.19. The van der Waals surface area contributed by atoms with Gasteiger partial charge in [0.1, 0.15) is 5.76 Å². The highest BCUT2D eigenvalue weighted by Crippen LogP contribution is 2.37. The standard InChI is InChI=1S/C19H25N3O2/c1-13-17(14(2)24-21-13)12-22(3)19(23)20-18(16-10-7-11-16)15-8-5-4-6-9-15/h4-6,8-9,16,18H,7,10-12H2,1-3H3,(H,20,23)/t18-/m0/s1. The molecule has 1 heterocycles. The van der Waals surface area contributed by atoms with Crippen molar-refractivity contribution in [3.63, 3.8) is 0 Å². The van der Waals surface area contributed by atoms with Gasteiger partial charge in [0, 0.05) is 12.6 Å². The van der Waals surface area contributed by atoms with Crippen molar-refractivity contribution in [2.24, 2.45) is 5.92 Å². The van der Waals surface area contributed by atoms with E-state index in [9.17, 15) is 4.79 Å². The predicted molar refractivity (Wildman–Crippen MR) is 92.5 cm³/mol. The summed E-state index contributed by atoms with van der Waals surface area (Å²) in [6.07, 6.45) is 3.60. The van der Waals surface area contributed by atoms with E-state index >= 15 is 0 Å². The van der Waals surface area contributed by atoms with Crippen molar-refractivity contribution in [3.8, 4) is 0 Å². The minimum absolute atomic E-state index is 0.0595. The topological polar surface area (TPSA) is 58.4 Å². The minimum atomic E-state index is -0.0595. The molecule has 24 heavy (non-hydrogen) atoms. The van der Waals surface area contributed by atoms with Crippen molar-refractivity contribution in [1.82, 2.24) is 15.4 Å². The molecule has 2 amide bonds. The minimum Gasteiger partial charge on any atom is -0.361 e. The van der Waals surface area contributed by atoms with Gasteiger partial charge in [0.2, 0.25) is 0 Å². The fraction of sp³-hybridized carbons (Fsp3) is 0.474. The highest BCUT2D eigenvalue weighted by molar-refractivity contribution is 5.74. The summed E-state index contributed by atoms with van der Waals surface area (Å²) >= 11 is 0. The second-order valence-corrected chi connectivity index (χ2v) is 6.69. The lowest BCUT2D eigenvalue weighted by Crippen LogP contribution is -2.42. The molecule has 0 unspecified atom stereocenters. The average molecular weight is 327 g/mol. The van der Waals surface area contributed by atoms with Crippen LogP contribution >= 0.6 is 0 Å². The second-order valence-electron chi connectivity index (χ2n) is 6.69. The van der Waals surface area contributed by atoms with E-state index in [-0.39, 0.29) is 12.1 Å². The first-order valence-corrected chi connectivity index (χ1v) is 8.54.